The molecule has 0 atom stereocenters. The van der Waals surface area contributed by atoms with Gasteiger partial charge in [-0.3, -0.25) is 14.9 Å². The number of amides is 4. The van der Waals surface area contributed by atoms with E-state index in [1.165, 1.54) is 0 Å². The highest BCUT2D eigenvalue weighted by Gasteiger charge is 2.48. The van der Waals surface area contributed by atoms with E-state index >= 15 is 0 Å². The molecular formula is C15H18N4O4. The van der Waals surface area contributed by atoms with Gasteiger partial charge in [0.1, 0.15) is 11.3 Å². The van der Waals surface area contributed by atoms with Crippen molar-refractivity contribution in [2.45, 2.75) is 44.1 Å². The lowest BCUT2D eigenvalue weighted by Crippen LogP contribution is -2.55. The Hall–Kier alpha value is -2.38. The highest BCUT2D eigenvalue weighted by molar-refractivity contribution is 6.07. The van der Waals surface area contributed by atoms with Gasteiger partial charge in [0.25, 0.3) is 11.8 Å². The van der Waals surface area contributed by atoms with Gasteiger partial charge in [-0.2, -0.15) is 0 Å². The minimum absolute atomic E-state index is 0.142. The molecule has 3 aliphatic rings. The van der Waals surface area contributed by atoms with E-state index in [9.17, 15) is 14.4 Å². The molecule has 122 valence electrons. The molecule has 23 heavy (non-hydrogen) atoms. The molecule has 1 aromatic heterocycles. The summed E-state index contributed by atoms with van der Waals surface area (Å²) in [5, 5.41) is 8.94. The molecule has 8 nitrogen and oxygen atoms in total. The van der Waals surface area contributed by atoms with Crippen molar-refractivity contribution in [3.8, 4) is 0 Å². The van der Waals surface area contributed by atoms with Gasteiger partial charge < -0.3 is 14.7 Å². The van der Waals surface area contributed by atoms with Crippen molar-refractivity contribution >= 4 is 17.8 Å². The van der Waals surface area contributed by atoms with Crippen LogP contribution in [-0.2, 0) is 17.6 Å². The summed E-state index contributed by atoms with van der Waals surface area (Å²) in [4.78, 5) is 37.7. The second-order valence-electron chi connectivity index (χ2n) is 6.42. The fourth-order valence-corrected chi connectivity index (χ4v) is 3.67. The number of hydrogen-bond acceptors (Lipinski definition) is 5. The minimum Gasteiger partial charge on any atom is -0.360 e. The Morgan fingerprint density at radius 2 is 1.91 bits per heavy atom. The molecule has 2 fully saturated rings. The second-order valence-corrected chi connectivity index (χ2v) is 6.42. The fraction of sp³-hybridized carbons (Fsp3) is 0.600. The summed E-state index contributed by atoms with van der Waals surface area (Å²) < 4.78 is 5.30. The van der Waals surface area contributed by atoms with E-state index in [1.54, 1.807) is 4.90 Å². The summed E-state index contributed by atoms with van der Waals surface area (Å²) in [5.74, 6) is 0.389. The quantitative estimate of drug-likeness (QED) is 0.728. The number of carbonyl (C=O) groups is 3. The SMILES string of the molecule is O=C1NC(=O)C2(CCN(C(=O)c3noc4c3CCCC4)CC2)N1. The van der Waals surface area contributed by atoms with E-state index in [0.29, 0.717) is 31.6 Å². The Morgan fingerprint density at radius 3 is 2.61 bits per heavy atom. The number of nitrogens with one attached hydrogen (secondary N) is 2. The predicted molar refractivity (Wildman–Crippen MR) is 77.7 cm³/mol. The second kappa shape index (κ2) is 5.07. The molecule has 4 amide bonds. The molecule has 1 aliphatic carbocycles. The van der Waals surface area contributed by atoms with E-state index in [0.717, 1.165) is 37.0 Å². The van der Waals surface area contributed by atoms with E-state index in [1.807, 2.05) is 0 Å². The molecule has 8 heteroatoms. The summed E-state index contributed by atoms with van der Waals surface area (Å²) in [7, 11) is 0. The third-order valence-corrected chi connectivity index (χ3v) is 5.07. The van der Waals surface area contributed by atoms with Crippen LogP contribution >= 0.6 is 0 Å². The Labute approximate surface area is 132 Å². The Bertz CT molecular complexity index is 688. The first kappa shape index (κ1) is 14.2. The summed E-state index contributed by atoms with van der Waals surface area (Å²) in [6.45, 7) is 0.822. The summed E-state index contributed by atoms with van der Waals surface area (Å²) in [6.07, 6.45) is 4.61. The van der Waals surface area contributed by atoms with Gasteiger partial charge in [-0.1, -0.05) is 5.16 Å². The Morgan fingerprint density at radius 1 is 1.17 bits per heavy atom. The van der Waals surface area contributed by atoms with Gasteiger partial charge in [-0.25, -0.2) is 4.79 Å². The molecule has 2 saturated heterocycles. The highest BCUT2D eigenvalue weighted by Crippen LogP contribution is 2.29. The molecule has 2 aliphatic heterocycles. The van der Waals surface area contributed by atoms with Crippen LogP contribution in [0, 0.1) is 0 Å². The first-order chi connectivity index (χ1) is 11.1. The van der Waals surface area contributed by atoms with Crippen LogP contribution in [-0.4, -0.2) is 46.5 Å². The average Bonchev–Trinajstić information content (AvgIpc) is 3.09. The number of aromatic nitrogens is 1. The molecule has 3 heterocycles. The van der Waals surface area contributed by atoms with Gasteiger partial charge in [-0.05, 0) is 32.1 Å². The Balaban J connectivity index is 1.48. The van der Waals surface area contributed by atoms with Crippen molar-refractivity contribution in [1.29, 1.82) is 0 Å². The summed E-state index contributed by atoms with van der Waals surface area (Å²) in [6, 6.07) is -0.458. The predicted octanol–water partition coefficient (Wildman–Crippen LogP) is 0.368. The third kappa shape index (κ3) is 2.20. The average molecular weight is 318 g/mol. The summed E-state index contributed by atoms with van der Waals surface area (Å²) >= 11 is 0. The first-order valence-electron chi connectivity index (χ1n) is 7.99. The monoisotopic (exact) mass is 318 g/mol. The Kier molecular flexibility index (Phi) is 3.14. The minimum atomic E-state index is -0.864. The third-order valence-electron chi connectivity index (χ3n) is 5.07. The largest absolute Gasteiger partial charge is 0.360 e. The van der Waals surface area contributed by atoms with Gasteiger partial charge in [0.15, 0.2) is 5.69 Å². The van der Waals surface area contributed by atoms with Gasteiger partial charge in [0.05, 0.1) is 0 Å². The van der Waals surface area contributed by atoms with Crippen LogP contribution in [0.5, 0.6) is 0 Å². The smallest absolute Gasteiger partial charge is 0.322 e. The van der Waals surface area contributed by atoms with Crippen LogP contribution in [0.4, 0.5) is 4.79 Å². The number of imide groups is 1. The van der Waals surface area contributed by atoms with Gasteiger partial charge in [0, 0.05) is 25.1 Å². The maximum absolute atomic E-state index is 12.7. The van der Waals surface area contributed by atoms with E-state index in [4.69, 9.17) is 4.52 Å². The van der Waals surface area contributed by atoms with Crippen molar-refractivity contribution in [3.05, 3.63) is 17.0 Å². The number of fused-ring (bicyclic) bond motifs is 1. The molecule has 0 radical (unpaired) electrons. The highest BCUT2D eigenvalue weighted by atomic mass is 16.5. The number of likely N-dealkylation sites (tertiary alicyclic amines) is 1. The van der Waals surface area contributed by atoms with Crippen molar-refractivity contribution in [3.63, 3.8) is 0 Å². The standard InChI is InChI=1S/C15H18N4O4/c20-12(11-9-3-1-2-4-10(9)23-18-11)19-7-5-15(6-8-19)13(21)16-14(22)17-15/h1-8H2,(H2,16,17,21,22). The zero-order chi connectivity index (χ0) is 16.0. The molecular weight excluding hydrogens is 300 g/mol. The van der Waals surface area contributed by atoms with Crippen LogP contribution in [0.15, 0.2) is 4.52 Å². The van der Waals surface area contributed by atoms with E-state index in [-0.39, 0.29) is 11.8 Å². The van der Waals surface area contributed by atoms with Crippen LogP contribution in [0.1, 0.15) is 47.5 Å². The van der Waals surface area contributed by atoms with Crippen LogP contribution < -0.4 is 10.6 Å². The number of rotatable bonds is 1. The number of urea groups is 1. The number of carbonyl (C=O) groups excluding carboxylic acids is 3. The van der Waals surface area contributed by atoms with Crippen LogP contribution in [0.2, 0.25) is 0 Å². The van der Waals surface area contributed by atoms with Gasteiger partial charge in [0.2, 0.25) is 0 Å². The molecule has 0 saturated carbocycles. The lowest BCUT2D eigenvalue weighted by atomic mass is 9.87. The molecule has 0 unspecified atom stereocenters. The number of nitrogens with zero attached hydrogens (tertiary/aromatic N) is 2. The maximum Gasteiger partial charge on any atom is 0.322 e. The van der Waals surface area contributed by atoms with Crippen molar-refractivity contribution in [2.24, 2.45) is 0 Å². The number of piperidine rings is 1. The van der Waals surface area contributed by atoms with Crippen molar-refractivity contribution < 1.29 is 18.9 Å². The van der Waals surface area contributed by atoms with Crippen molar-refractivity contribution in [2.75, 3.05) is 13.1 Å². The van der Waals surface area contributed by atoms with Crippen LogP contribution in [0.25, 0.3) is 0 Å². The number of aryl methyl sites for hydroxylation is 1. The first-order valence-corrected chi connectivity index (χ1v) is 7.99. The van der Waals surface area contributed by atoms with E-state index in [2.05, 4.69) is 15.8 Å². The molecule has 0 aromatic carbocycles. The number of hydrogen-bond donors (Lipinski definition) is 2. The normalized spacial score (nSPS) is 22.7. The summed E-state index contributed by atoms with van der Waals surface area (Å²) in [5.41, 5.74) is 0.487. The lowest BCUT2D eigenvalue weighted by Gasteiger charge is -2.36. The topological polar surface area (TPSA) is 105 Å². The molecule has 1 spiro atoms. The molecule has 0 bridgehead atoms. The van der Waals surface area contributed by atoms with Crippen LogP contribution in [0.3, 0.4) is 0 Å². The van der Waals surface area contributed by atoms with Crippen molar-refractivity contribution in [1.82, 2.24) is 20.7 Å². The maximum atomic E-state index is 12.7. The van der Waals surface area contributed by atoms with Gasteiger partial charge in [-0.15, -0.1) is 0 Å². The zero-order valence-electron chi connectivity index (χ0n) is 12.7. The van der Waals surface area contributed by atoms with Gasteiger partial charge >= 0.3 is 6.03 Å². The fourth-order valence-electron chi connectivity index (χ4n) is 3.67. The molecule has 4 rings (SSSR count). The lowest BCUT2D eigenvalue weighted by molar-refractivity contribution is -0.125. The molecule has 2 N–H and O–H groups in total. The van der Waals surface area contributed by atoms with E-state index < -0.39 is 11.6 Å². The molecule has 1 aromatic rings. The zero-order valence-corrected chi connectivity index (χ0v) is 12.7.